The molecule has 7 aromatic rings. The first-order valence-corrected chi connectivity index (χ1v) is 39.8. The first kappa shape index (κ1) is 71.9. The summed E-state index contributed by atoms with van der Waals surface area (Å²) in [7, 11) is 0. The van der Waals surface area contributed by atoms with Crippen LogP contribution in [0.5, 0.6) is 23.0 Å². The molecule has 0 amide bonds. The number of nitrogens with one attached hydrogen (secondary N) is 2. The molecule has 4 aliphatic rings. The van der Waals surface area contributed by atoms with E-state index in [-0.39, 0.29) is 0 Å². The summed E-state index contributed by atoms with van der Waals surface area (Å²) in [6.07, 6.45) is 57.9. The van der Waals surface area contributed by atoms with E-state index in [9.17, 15) is 0 Å². The highest BCUT2D eigenvalue weighted by atomic mass is 16.5. The Morgan fingerprint density at radius 1 is 0.276 bits per heavy atom. The Kier molecular flexibility index (Phi) is 29.4. The molecule has 8 heteroatoms. The lowest BCUT2D eigenvalue weighted by atomic mass is 9.96. The van der Waals surface area contributed by atoms with Crippen molar-refractivity contribution in [3.63, 3.8) is 0 Å². The van der Waals surface area contributed by atoms with Gasteiger partial charge in [0.2, 0.25) is 0 Å². The number of hydrogen-bond donors (Lipinski definition) is 2. The summed E-state index contributed by atoms with van der Waals surface area (Å²) < 4.78 is 29.3. The molecule has 8 nitrogen and oxygen atoms in total. The molecule has 0 fully saturated rings. The minimum absolute atomic E-state index is 0.620. The number of aromatic amines is 2. The van der Waals surface area contributed by atoms with E-state index < -0.39 is 0 Å². The lowest BCUT2D eigenvalue weighted by Gasteiger charge is -2.20. The zero-order valence-electron chi connectivity index (χ0n) is 60.3. The van der Waals surface area contributed by atoms with Crippen LogP contribution in [0.1, 0.15) is 292 Å². The van der Waals surface area contributed by atoms with Gasteiger partial charge in [-0.1, -0.05) is 280 Å². The van der Waals surface area contributed by atoms with Gasteiger partial charge in [0.15, 0.2) is 0 Å². The molecule has 7 heterocycles. The standard InChI is InChI=1S/C90H118N4O4/c1-3-5-7-9-11-13-15-17-23-29-37-47-69-65-81-89-82(66-69)96-62-44-32-26-20-22-28-34-46-64-98-84-68-70(48-38-30-24-18-16-14-12-10-8-6-4-2)67-83(97-63-45-33-27-21-19-25-31-43-61-95-81)90(84)88-79-59-55-75(93-79)85(71-49-39-35-40-50-71)73-53-57-77(91-73)87(89)78-58-54-74(92-78)86(72-51-41-36-42-52-72)76-56-60-80(88)94-76/h35-36,39-42,49-60,65-68,91-92H,3-34,37-38,43-48,61-64H2,1-2H3. The lowest BCUT2D eigenvalue weighted by molar-refractivity contribution is 0.288. The third-order valence-corrected chi connectivity index (χ3v) is 20.9. The number of H-pyrrole nitrogens is 2. The molecule has 98 heavy (non-hydrogen) atoms. The number of aromatic nitrogens is 4. The molecule has 0 atom stereocenters. The third-order valence-electron chi connectivity index (χ3n) is 20.9. The number of unbranched alkanes of at least 4 members (excludes halogenated alkanes) is 20. The molecular weight excluding hydrogens is 1200 g/mol. The average Bonchev–Trinajstić information content (AvgIpc) is 1.55. The van der Waals surface area contributed by atoms with E-state index in [0.717, 1.165) is 189 Å². The summed E-state index contributed by atoms with van der Waals surface area (Å²) in [4.78, 5) is 19.9. The summed E-state index contributed by atoms with van der Waals surface area (Å²) in [5, 5.41) is 0. The van der Waals surface area contributed by atoms with E-state index in [0.29, 0.717) is 26.4 Å². The van der Waals surface area contributed by atoms with Crippen LogP contribution in [0.2, 0.25) is 0 Å². The molecule has 0 aliphatic carbocycles. The van der Waals surface area contributed by atoms with Crippen molar-refractivity contribution in [1.29, 1.82) is 0 Å². The summed E-state index contributed by atoms with van der Waals surface area (Å²) >= 11 is 0. The zero-order chi connectivity index (χ0) is 67.0. The minimum atomic E-state index is 0.620. The van der Waals surface area contributed by atoms with Crippen molar-refractivity contribution in [2.45, 2.75) is 271 Å². The Hall–Kier alpha value is -7.32. The first-order chi connectivity index (χ1) is 48.6. The van der Waals surface area contributed by atoms with E-state index in [2.05, 4.69) is 157 Å². The van der Waals surface area contributed by atoms with Gasteiger partial charge in [-0.25, -0.2) is 9.97 Å². The molecule has 4 aromatic carbocycles. The molecule has 0 saturated carbocycles. The number of hydrogen-bond acceptors (Lipinski definition) is 6. The largest absolute Gasteiger partial charge is 0.493 e. The monoisotopic (exact) mass is 1320 g/mol. The van der Waals surface area contributed by atoms with Crippen molar-refractivity contribution < 1.29 is 18.9 Å². The van der Waals surface area contributed by atoms with Gasteiger partial charge in [0.1, 0.15) is 23.0 Å². The predicted octanol–water partition coefficient (Wildman–Crippen LogP) is 26.8. The van der Waals surface area contributed by atoms with Gasteiger partial charge in [0, 0.05) is 44.3 Å². The second-order valence-corrected chi connectivity index (χ2v) is 28.8. The highest BCUT2D eigenvalue weighted by molar-refractivity contribution is 6.03. The summed E-state index contributed by atoms with van der Waals surface area (Å²) in [5.74, 6) is 3.50. The third kappa shape index (κ3) is 20.9. The molecule has 4 aliphatic heterocycles. The number of benzene rings is 4. The van der Waals surface area contributed by atoms with Crippen molar-refractivity contribution in [2.24, 2.45) is 0 Å². The van der Waals surface area contributed by atoms with E-state index in [1.54, 1.807) is 0 Å². The second-order valence-electron chi connectivity index (χ2n) is 28.8. The maximum atomic E-state index is 7.33. The van der Waals surface area contributed by atoms with Crippen LogP contribution in [0.25, 0.3) is 90.9 Å². The summed E-state index contributed by atoms with van der Waals surface area (Å²) in [6, 6.07) is 40.2. The van der Waals surface area contributed by atoms with Crippen LogP contribution in [0.4, 0.5) is 0 Å². The van der Waals surface area contributed by atoms with Gasteiger partial charge in [-0.05, 0) is 146 Å². The topological polar surface area (TPSA) is 94.3 Å². The van der Waals surface area contributed by atoms with Crippen LogP contribution in [-0.4, -0.2) is 46.4 Å². The number of ether oxygens (including phenoxy) is 4. The number of fused-ring (bicyclic) bond motifs is 4. The van der Waals surface area contributed by atoms with Crippen LogP contribution in [0.3, 0.4) is 0 Å². The van der Waals surface area contributed by atoms with Crippen molar-refractivity contribution in [3.05, 3.63) is 143 Å². The molecule has 0 unspecified atom stereocenters. The molecule has 0 radical (unpaired) electrons. The smallest absolute Gasteiger partial charge is 0.131 e. The quantitative estimate of drug-likeness (QED) is 0.0525. The molecular formula is C90H118N4O4. The first-order valence-electron chi connectivity index (χ1n) is 39.8. The normalized spacial score (nSPS) is 15.0. The summed E-state index contributed by atoms with van der Waals surface area (Å²) in [6.45, 7) is 7.12. The minimum Gasteiger partial charge on any atom is -0.493 e. The van der Waals surface area contributed by atoms with Crippen LogP contribution in [-0.2, 0) is 12.8 Å². The molecule has 0 saturated heterocycles. The van der Waals surface area contributed by atoms with Gasteiger partial charge < -0.3 is 28.9 Å². The molecule has 2 N–H and O–H groups in total. The van der Waals surface area contributed by atoms with Crippen molar-refractivity contribution in [1.82, 2.24) is 19.9 Å². The van der Waals surface area contributed by atoms with Gasteiger partial charge in [0.25, 0.3) is 0 Å². The Bertz CT molecular complexity index is 3570. The molecule has 0 spiro atoms. The molecule has 522 valence electrons. The Morgan fingerprint density at radius 2 is 0.541 bits per heavy atom. The fourth-order valence-corrected chi connectivity index (χ4v) is 15.3. The van der Waals surface area contributed by atoms with E-state index in [1.807, 2.05) is 0 Å². The number of rotatable bonds is 26. The second kappa shape index (κ2) is 40.1. The Morgan fingerprint density at radius 3 is 0.857 bits per heavy atom. The molecule has 12 bridgehead atoms. The predicted molar refractivity (Wildman–Crippen MR) is 417 cm³/mol. The van der Waals surface area contributed by atoms with Crippen molar-refractivity contribution >= 4 is 46.4 Å². The van der Waals surface area contributed by atoms with Gasteiger partial charge in [-0.2, -0.15) is 0 Å². The van der Waals surface area contributed by atoms with E-state index in [1.165, 1.54) is 191 Å². The van der Waals surface area contributed by atoms with Gasteiger partial charge in [-0.3, -0.25) is 0 Å². The highest BCUT2D eigenvalue weighted by Crippen LogP contribution is 2.48. The fraction of sp³-hybridized carbons (Fsp3) is 0.511. The van der Waals surface area contributed by atoms with Crippen molar-refractivity contribution in [3.8, 4) is 67.5 Å². The average molecular weight is 1320 g/mol. The van der Waals surface area contributed by atoms with E-state index in [4.69, 9.17) is 28.9 Å². The van der Waals surface area contributed by atoms with Gasteiger partial charge >= 0.3 is 0 Å². The maximum absolute atomic E-state index is 7.33. The number of nitrogens with zero attached hydrogens (tertiary/aromatic N) is 2. The van der Waals surface area contributed by atoms with E-state index >= 15 is 0 Å². The Balaban J connectivity index is 1.12. The fourth-order valence-electron chi connectivity index (χ4n) is 15.3. The Labute approximate surface area is 589 Å². The van der Waals surface area contributed by atoms with Crippen LogP contribution in [0.15, 0.2) is 109 Å². The van der Waals surface area contributed by atoms with Crippen molar-refractivity contribution in [2.75, 3.05) is 26.4 Å². The maximum Gasteiger partial charge on any atom is 0.131 e. The number of aryl methyl sites for hydroxylation is 2. The molecule has 3 aromatic heterocycles. The lowest BCUT2D eigenvalue weighted by Crippen LogP contribution is -2.06. The van der Waals surface area contributed by atoms with Crippen LogP contribution >= 0.6 is 0 Å². The van der Waals surface area contributed by atoms with Crippen LogP contribution in [0, 0.1) is 0 Å². The SMILES string of the molecule is CCCCCCCCCCCCCc1cc2c3c(c1)OCCCCCCCCCCOc1cc(CCCCCCCCCCCCC)cc(c1-c1c4ccc([nH]4)c(-c4ccccc4)c4nc(c-3c3nc(c(-c5ccccc5)c5ccc1[nH]5)C=C3)C=C4)OCCCCCCCCCCO2. The van der Waals surface area contributed by atoms with Gasteiger partial charge in [-0.15, -0.1) is 0 Å². The van der Waals surface area contributed by atoms with Gasteiger partial charge in [0.05, 0.1) is 60.3 Å². The molecule has 11 rings (SSSR count). The highest BCUT2D eigenvalue weighted by Gasteiger charge is 2.27. The zero-order valence-corrected chi connectivity index (χ0v) is 60.3. The summed E-state index contributed by atoms with van der Waals surface area (Å²) in [5.41, 5.74) is 17.8. The van der Waals surface area contributed by atoms with Crippen LogP contribution < -0.4 is 18.9 Å².